The number of methoxy groups -OCH3 is 1. The Morgan fingerprint density at radius 2 is 2.06 bits per heavy atom. The molecule has 0 saturated heterocycles. The quantitative estimate of drug-likeness (QED) is 0.724. The molecule has 0 aliphatic heterocycles. The molecule has 18 heavy (non-hydrogen) atoms. The molecule has 102 valence electrons. The van der Waals surface area contributed by atoms with Crippen LogP contribution in [-0.2, 0) is 11.2 Å². The summed E-state index contributed by atoms with van der Waals surface area (Å²) >= 11 is 0. The zero-order valence-electron chi connectivity index (χ0n) is 11.3. The Labute approximate surface area is 108 Å². The van der Waals surface area contributed by atoms with Gasteiger partial charge < -0.3 is 14.8 Å². The molecule has 0 saturated carbocycles. The van der Waals surface area contributed by atoms with Gasteiger partial charge in [0.2, 0.25) is 0 Å². The van der Waals surface area contributed by atoms with Gasteiger partial charge in [-0.25, -0.2) is 4.39 Å². The van der Waals surface area contributed by atoms with E-state index in [4.69, 9.17) is 9.47 Å². The maximum atomic E-state index is 13.4. The molecular formula is C14H22FNO2. The number of nitrogens with one attached hydrogen (secondary N) is 1. The second kappa shape index (κ2) is 8.06. The lowest BCUT2D eigenvalue weighted by molar-refractivity contribution is 0.137. The fraction of sp³-hybridized carbons (Fsp3) is 0.571. The summed E-state index contributed by atoms with van der Waals surface area (Å²) in [6.07, 6.45) is 0.711. The second-order valence-corrected chi connectivity index (χ2v) is 4.44. The first-order valence-electron chi connectivity index (χ1n) is 6.27. The highest BCUT2D eigenvalue weighted by molar-refractivity contribution is 5.29. The van der Waals surface area contributed by atoms with Gasteiger partial charge in [0.15, 0.2) is 11.6 Å². The monoisotopic (exact) mass is 255 g/mol. The molecule has 0 bridgehead atoms. The van der Waals surface area contributed by atoms with Crippen LogP contribution in [-0.4, -0.2) is 32.9 Å². The molecule has 0 aromatic heterocycles. The standard InChI is InChI=1S/C14H22FNO2/c1-11(2)16-7-9-18-8-6-12-4-5-14(17-3)13(15)10-12/h4-5,10-11,16H,6-9H2,1-3H3. The molecule has 0 unspecified atom stereocenters. The lowest BCUT2D eigenvalue weighted by Crippen LogP contribution is -2.26. The number of rotatable bonds is 8. The largest absolute Gasteiger partial charge is 0.494 e. The van der Waals surface area contributed by atoms with E-state index in [9.17, 15) is 4.39 Å². The van der Waals surface area contributed by atoms with Crippen LogP contribution in [0.3, 0.4) is 0 Å². The van der Waals surface area contributed by atoms with Crippen molar-refractivity contribution in [2.24, 2.45) is 0 Å². The van der Waals surface area contributed by atoms with Crippen LogP contribution in [0, 0.1) is 5.82 Å². The molecule has 0 spiro atoms. The maximum absolute atomic E-state index is 13.4. The van der Waals surface area contributed by atoms with Gasteiger partial charge >= 0.3 is 0 Å². The van der Waals surface area contributed by atoms with Gasteiger partial charge in [-0.05, 0) is 24.1 Å². The first kappa shape index (κ1) is 14.9. The van der Waals surface area contributed by atoms with Crippen molar-refractivity contribution in [3.63, 3.8) is 0 Å². The Morgan fingerprint density at radius 3 is 2.67 bits per heavy atom. The fourth-order valence-corrected chi connectivity index (χ4v) is 1.58. The first-order valence-corrected chi connectivity index (χ1v) is 6.27. The first-order chi connectivity index (χ1) is 8.63. The van der Waals surface area contributed by atoms with E-state index >= 15 is 0 Å². The van der Waals surface area contributed by atoms with Crippen LogP contribution in [0.25, 0.3) is 0 Å². The Bertz CT molecular complexity index is 356. The molecule has 1 rings (SSSR count). The Balaban J connectivity index is 2.21. The summed E-state index contributed by atoms with van der Waals surface area (Å²) in [5.74, 6) is -0.0442. The van der Waals surface area contributed by atoms with E-state index in [0.717, 1.165) is 12.1 Å². The van der Waals surface area contributed by atoms with Gasteiger partial charge in [0.25, 0.3) is 0 Å². The van der Waals surface area contributed by atoms with Crippen LogP contribution in [0.5, 0.6) is 5.75 Å². The third-order valence-corrected chi connectivity index (χ3v) is 2.55. The van der Waals surface area contributed by atoms with Gasteiger partial charge in [-0.3, -0.25) is 0 Å². The maximum Gasteiger partial charge on any atom is 0.165 e. The average Bonchev–Trinajstić information content (AvgIpc) is 2.33. The summed E-state index contributed by atoms with van der Waals surface area (Å²) in [5.41, 5.74) is 0.921. The zero-order valence-corrected chi connectivity index (χ0v) is 11.3. The summed E-state index contributed by atoms with van der Waals surface area (Å²) in [5, 5.41) is 3.27. The minimum Gasteiger partial charge on any atom is -0.494 e. The molecule has 0 aliphatic rings. The van der Waals surface area contributed by atoms with E-state index in [0.29, 0.717) is 25.7 Å². The molecule has 0 aliphatic carbocycles. The van der Waals surface area contributed by atoms with Crippen molar-refractivity contribution in [3.8, 4) is 5.75 Å². The lowest BCUT2D eigenvalue weighted by Gasteiger charge is -2.09. The predicted molar refractivity (Wildman–Crippen MR) is 70.6 cm³/mol. The minimum atomic E-state index is -0.323. The lowest BCUT2D eigenvalue weighted by atomic mass is 10.1. The molecule has 4 heteroatoms. The van der Waals surface area contributed by atoms with Crippen molar-refractivity contribution in [1.29, 1.82) is 0 Å². The van der Waals surface area contributed by atoms with Crippen LogP contribution in [0.2, 0.25) is 0 Å². The van der Waals surface area contributed by atoms with Crippen LogP contribution in [0.15, 0.2) is 18.2 Å². The van der Waals surface area contributed by atoms with E-state index in [-0.39, 0.29) is 11.6 Å². The molecule has 1 aromatic carbocycles. The number of halogens is 1. The third-order valence-electron chi connectivity index (χ3n) is 2.55. The molecule has 1 aromatic rings. The van der Waals surface area contributed by atoms with Crippen molar-refractivity contribution in [2.45, 2.75) is 26.3 Å². The smallest absolute Gasteiger partial charge is 0.165 e. The summed E-state index contributed by atoms with van der Waals surface area (Å²) in [7, 11) is 1.46. The highest BCUT2D eigenvalue weighted by atomic mass is 19.1. The zero-order chi connectivity index (χ0) is 13.4. The Hall–Kier alpha value is -1.13. The molecule has 1 N–H and O–H groups in total. The van der Waals surface area contributed by atoms with Gasteiger partial charge in [0.1, 0.15) is 0 Å². The van der Waals surface area contributed by atoms with Crippen molar-refractivity contribution >= 4 is 0 Å². The average molecular weight is 255 g/mol. The summed E-state index contributed by atoms with van der Waals surface area (Å²) < 4.78 is 23.7. The van der Waals surface area contributed by atoms with E-state index in [1.165, 1.54) is 13.2 Å². The van der Waals surface area contributed by atoms with Crippen molar-refractivity contribution in [3.05, 3.63) is 29.6 Å². The van der Waals surface area contributed by atoms with Crippen molar-refractivity contribution in [1.82, 2.24) is 5.32 Å². The predicted octanol–water partition coefficient (Wildman–Crippen LogP) is 2.39. The van der Waals surface area contributed by atoms with E-state index < -0.39 is 0 Å². The van der Waals surface area contributed by atoms with Gasteiger partial charge in [0, 0.05) is 12.6 Å². The summed E-state index contributed by atoms with van der Waals surface area (Å²) in [6, 6.07) is 5.47. The highest BCUT2D eigenvalue weighted by Crippen LogP contribution is 2.17. The minimum absolute atomic E-state index is 0.279. The van der Waals surface area contributed by atoms with Crippen LogP contribution >= 0.6 is 0 Å². The van der Waals surface area contributed by atoms with Gasteiger partial charge in [-0.15, -0.1) is 0 Å². The molecule has 0 atom stereocenters. The molecule has 3 nitrogen and oxygen atoms in total. The number of benzene rings is 1. The highest BCUT2D eigenvalue weighted by Gasteiger charge is 2.03. The number of hydrogen-bond acceptors (Lipinski definition) is 3. The van der Waals surface area contributed by atoms with Crippen LogP contribution in [0.1, 0.15) is 19.4 Å². The number of ether oxygens (including phenoxy) is 2. The third kappa shape index (κ3) is 5.47. The topological polar surface area (TPSA) is 30.5 Å². The second-order valence-electron chi connectivity index (χ2n) is 4.44. The van der Waals surface area contributed by atoms with Crippen LogP contribution < -0.4 is 10.1 Å². The molecule has 0 amide bonds. The Kier molecular flexibility index (Phi) is 6.68. The molecule has 0 fully saturated rings. The Morgan fingerprint density at radius 1 is 1.28 bits per heavy atom. The van der Waals surface area contributed by atoms with Crippen molar-refractivity contribution in [2.75, 3.05) is 26.9 Å². The summed E-state index contributed by atoms with van der Waals surface area (Å²) in [6.45, 7) is 6.32. The SMILES string of the molecule is COc1ccc(CCOCCNC(C)C)cc1F. The van der Waals surface area contributed by atoms with Gasteiger partial charge in [-0.1, -0.05) is 19.9 Å². The van der Waals surface area contributed by atoms with E-state index in [1.807, 2.05) is 6.07 Å². The molecule has 0 radical (unpaired) electrons. The van der Waals surface area contributed by atoms with E-state index in [2.05, 4.69) is 19.2 Å². The van der Waals surface area contributed by atoms with E-state index in [1.54, 1.807) is 6.07 Å². The normalized spacial score (nSPS) is 10.9. The fourth-order valence-electron chi connectivity index (χ4n) is 1.58. The van der Waals surface area contributed by atoms with Gasteiger partial charge in [-0.2, -0.15) is 0 Å². The number of hydrogen-bond donors (Lipinski definition) is 1. The van der Waals surface area contributed by atoms with Crippen LogP contribution in [0.4, 0.5) is 4.39 Å². The molecular weight excluding hydrogens is 233 g/mol. The summed E-state index contributed by atoms with van der Waals surface area (Å²) in [4.78, 5) is 0. The van der Waals surface area contributed by atoms with Crippen molar-refractivity contribution < 1.29 is 13.9 Å². The van der Waals surface area contributed by atoms with Gasteiger partial charge in [0.05, 0.1) is 20.3 Å². The molecule has 0 heterocycles.